The quantitative estimate of drug-likeness (QED) is 0.299. The van der Waals surface area contributed by atoms with Gasteiger partial charge in [-0.25, -0.2) is 9.97 Å². The van der Waals surface area contributed by atoms with E-state index in [2.05, 4.69) is 24.3 Å². The smallest absolute Gasteiger partial charge is 0.303 e. The van der Waals surface area contributed by atoms with Gasteiger partial charge in [-0.3, -0.25) is 9.59 Å². The van der Waals surface area contributed by atoms with Crippen LogP contribution in [0.4, 0.5) is 0 Å². The van der Waals surface area contributed by atoms with Crippen LogP contribution >= 0.6 is 0 Å². The van der Waals surface area contributed by atoms with Crippen molar-refractivity contribution in [3.05, 3.63) is 95.7 Å². The van der Waals surface area contributed by atoms with Gasteiger partial charge in [-0.05, 0) is 61.8 Å². The Kier molecular flexibility index (Phi) is 7.54. The molecule has 6 heteroatoms. The minimum absolute atomic E-state index is 0.0327. The van der Waals surface area contributed by atoms with Crippen molar-refractivity contribution in [2.24, 2.45) is 0 Å². The summed E-state index contributed by atoms with van der Waals surface area (Å²) < 4.78 is 0. The van der Waals surface area contributed by atoms with Gasteiger partial charge in [0.25, 0.3) is 5.91 Å². The lowest BCUT2D eigenvalue weighted by molar-refractivity contribution is -0.137. The molecule has 0 spiro atoms. The number of carbonyl (C=O) groups is 2. The number of unbranched alkanes of at least 4 members (excludes halogenated alkanes) is 1. The molecule has 2 heterocycles. The highest BCUT2D eigenvalue weighted by molar-refractivity contribution is 5.97. The van der Waals surface area contributed by atoms with Crippen molar-refractivity contribution < 1.29 is 14.7 Å². The summed E-state index contributed by atoms with van der Waals surface area (Å²) in [6, 6.07) is 26.0. The number of benzene rings is 3. The minimum atomic E-state index is -0.788. The van der Waals surface area contributed by atoms with Crippen molar-refractivity contribution in [1.82, 2.24) is 14.9 Å². The molecule has 1 N–H and O–H groups in total. The van der Waals surface area contributed by atoms with Crippen LogP contribution in [0.3, 0.4) is 0 Å². The van der Waals surface area contributed by atoms with E-state index in [9.17, 15) is 9.59 Å². The molecule has 0 aliphatic carbocycles. The average Bonchev–Trinajstić information content (AvgIpc) is 2.95. The molecule has 3 aromatic carbocycles. The summed E-state index contributed by atoms with van der Waals surface area (Å²) in [5.41, 5.74) is 6.03. The Balaban J connectivity index is 1.36. The van der Waals surface area contributed by atoms with Gasteiger partial charge in [0.1, 0.15) is 0 Å². The number of carbonyl (C=O) groups excluding carboxylic acids is 1. The number of rotatable bonds is 8. The maximum absolute atomic E-state index is 13.4. The normalized spacial score (nSPS) is 14.1. The van der Waals surface area contributed by atoms with E-state index >= 15 is 0 Å². The van der Waals surface area contributed by atoms with Gasteiger partial charge in [-0.2, -0.15) is 0 Å². The Morgan fingerprint density at radius 3 is 2.24 bits per heavy atom. The molecule has 37 heavy (non-hydrogen) atoms. The number of hydrogen-bond donors (Lipinski definition) is 1. The van der Waals surface area contributed by atoms with Gasteiger partial charge in [-0.1, -0.05) is 60.7 Å². The number of likely N-dealkylation sites (tertiary alicyclic amines) is 1. The van der Waals surface area contributed by atoms with Crippen LogP contribution in [0.2, 0.25) is 0 Å². The first kappa shape index (κ1) is 24.6. The lowest BCUT2D eigenvalue weighted by atomic mass is 9.89. The summed E-state index contributed by atoms with van der Waals surface area (Å²) in [6.07, 6.45) is 3.99. The molecule has 6 nitrogen and oxygen atoms in total. The molecule has 1 amide bonds. The Morgan fingerprint density at radius 2 is 1.54 bits per heavy atom. The molecular weight excluding hydrogens is 462 g/mol. The van der Waals surface area contributed by atoms with E-state index in [0.717, 1.165) is 48.4 Å². The number of aliphatic carboxylic acids is 1. The van der Waals surface area contributed by atoms with Crippen molar-refractivity contribution in [3.8, 4) is 11.3 Å². The second kappa shape index (κ2) is 11.3. The molecule has 0 radical (unpaired) electrons. The Bertz CT molecular complexity index is 1380. The van der Waals surface area contributed by atoms with Crippen LogP contribution in [0.15, 0.2) is 78.9 Å². The van der Waals surface area contributed by atoms with Crippen molar-refractivity contribution >= 4 is 22.9 Å². The van der Waals surface area contributed by atoms with Crippen LogP contribution < -0.4 is 0 Å². The molecular formula is C31H31N3O3. The molecule has 1 aliphatic heterocycles. The third-order valence-corrected chi connectivity index (χ3v) is 7.14. The van der Waals surface area contributed by atoms with Gasteiger partial charge in [0, 0.05) is 30.6 Å². The van der Waals surface area contributed by atoms with Crippen molar-refractivity contribution in [2.75, 3.05) is 13.1 Å². The van der Waals surface area contributed by atoms with Crippen LogP contribution in [0.5, 0.6) is 0 Å². The maximum Gasteiger partial charge on any atom is 0.303 e. The van der Waals surface area contributed by atoms with E-state index in [1.165, 1.54) is 5.56 Å². The second-order valence-electron chi connectivity index (χ2n) is 9.67. The predicted molar refractivity (Wildman–Crippen MR) is 144 cm³/mol. The number of amides is 1. The van der Waals surface area contributed by atoms with Crippen LogP contribution in [0.25, 0.3) is 22.3 Å². The summed E-state index contributed by atoms with van der Waals surface area (Å²) in [4.78, 5) is 36.1. The third-order valence-electron chi connectivity index (χ3n) is 7.14. The van der Waals surface area contributed by atoms with Gasteiger partial charge >= 0.3 is 5.97 Å². The van der Waals surface area contributed by atoms with E-state index in [-0.39, 0.29) is 12.3 Å². The fourth-order valence-corrected chi connectivity index (χ4v) is 5.12. The molecule has 5 rings (SSSR count). The highest BCUT2D eigenvalue weighted by atomic mass is 16.4. The van der Waals surface area contributed by atoms with E-state index in [0.29, 0.717) is 36.3 Å². The molecule has 0 bridgehead atoms. The average molecular weight is 494 g/mol. The summed E-state index contributed by atoms with van der Waals surface area (Å²) in [7, 11) is 0. The predicted octanol–water partition coefficient (Wildman–Crippen LogP) is 6.11. The molecule has 0 atom stereocenters. The van der Waals surface area contributed by atoms with E-state index in [1.54, 1.807) is 0 Å². The van der Waals surface area contributed by atoms with Crippen LogP contribution in [-0.4, -0.2) is 44.9 Å². The fourth-order valence-electron chi connectivity index (χ4n) is 5.12. The first-order valence-corrected chi connectivity index (χ1v) is 13.0. The third kappa shape index (κ3) is 5.85. The summed E-state index contributed by atoms with van der Waals surface area (Å²) in [5, 5.41) is 8.98. The van der Waals surface area contributed by atoms with Gasteiger partial charge < -0.3 is 10.0 Å². The van der Waals surface area contributed by atoms with Crippen LogP contribution in [0.1, 0.15) is 59.6 Å². The Morgan fingerprint density at radius 1 is 0.838 bits per heavy atom. The molecule has 4 aromatic rings. The summed E-state index contributed by atoms with van der Waals surface area (Å²) in [5.74, 6) is -0.262. The van der Waals surface area contributed by atoms with E-state index < -0.39 is 5.97 Å². The first-order chi connectivity index (χ1) is 18.1. The largest absolute Gasteiger partial charge is 0.481 e. The number of aromatic nitrogens is 2. The Hall–Kier alpha value is -4.06. The van der Waals surface area contributed by atoms with Crippen LogP contribution in [-0.2, 0) is 11.2 Å². The number of piperidine rings is 1. The minimum Gasteiger partial charge on any atom is -0.481 e. The lowest BCUT2D eigenvalue weighted by Crippen LogP contribution is -2.37. The molecule has 0 unspecified atom stereocenters. The molecule has 188 valence electrons. The zero-order valence-corrected chi connectivity index (χ0v) is 20.8. The van der Waals surface area contributed by atoms with Gasteiger partial charge in [-0.15, -0.1) is 0 Å². The molecule has 1 aromatic heterocycles. The standard InChI is InChI=1S/C31H31N3O3/c35-29(36)14-8-7-13-27-30(24-11-5-2-6-12-24)33-26-16-15-25(21-28(26)32-27)31(37)34-19-17-23(18-20-34)22-9-3-1-4-10-22/h1-6,9-12,15-16,21,23H,7-8,13-14,17-20H2,(H,35,36). The number of carboxylic acid groups (broad SMARTS) is 1. The fraction of sp³-hybridized carbons (Fsp3) is 0.290. The van der Waals surface area contributed by atoms with Crippen molar-refractivity contribution in [1.29, 1.82) is 0 Å². The van der Waals surface area contributed by atoms with Crippen molar-refractivity contribution in [2.45, 2.75) is 44.4 Å². The van der Waals surface area contributed by atoms with Gasteiger partial charge in [0.05, 0.1) is 22.4 Å². The highest BCUT2D eigenvalue weighted by Crippen LogP contribution is 2.29. The zero-order valence-electron chi connectivity index (χ0n) is 20.8. The summed E-state index contributed by atoms with van der Waals surface area (Å²) >= 11 is 0. The van der Waals surface area contributed by atoms with Gasteiger partial charge in [0.15, 0.2) is 0 Å². The van der Waals surface area contributed by atoms with E-state index in [4.69, 9.17) is 15.1 Å². The van der Waals surface area contributed by atoms with Gasteiger partial charge in [0.2, 0.25) is 0 Å². The van der Waals surface area contributed by atoms with Crippen LogP contribution in [0, 0.1) is 0 Å². The molecule has 0 saturated carbocycles. The lowest BCUT2D eigenvalue weighted by Gasteiger charge is -2.32. The number of carboxylic acids is 1. The monoisotopic (exact) mass is 493 g/mol. The number of fused-ring (bicyclic) bond motifs is 1. The number of hydrogen-bond acceptors (Lipinski definition) is 4. The topological polar surface area (TPSA) is 83.4 Å². The number of aryl methyl sites for hydroxylation is 1. The Labute approximate surface area is 217 Å². The molecule has 1 fully saturated rings. The SMILES string of the molecule is O=C(O)CCCCc1nc2cc(C(=O)N3CCC(c4ccccc4)CC3)ccc2nc1-c1ccccc1. The molecule has 1 saturated heterocycles. The second-order valence-corrected chi connectivity index (χ2v) is 9.67. The zero-order chi connectivity index (χ0) is 25.6. The maximum atomic E-state index is 13.4. The highest BCUT2D eigenvalue weighted by Gasteiger charge is 2.25. The first-order valence-electron chi connectivity index (χ1n) is 13.0. The molecule has 1 aliphatic rings. The van der Waals surface area contributed by atoms with Crippen molar-refractivity contribution in [3.63, 3.8) is 0 Å². The van der Waals surface area contributed by atoms with E-state index in [1.807, 2.05) is 59.5 Å². The summed E-state index contributed by atoms with van der Waals surface area (Å²) in [6.45, 7) is 1.48. The number of nitrogens with zero attached hydrogens (tertiary/aromatic N) is 3.